The number of carbonyl (C=O) groups excluding carboxylic acids is 1. The van der Waals surface area contributed by atoms with E-state index in [1.807, 2.05) is 60.7 Å². The lowest BCUT2D eigenvalue weighted by Gasteiger charge is -2.11. The largest absolute Gasteiger partial charge is 0.332 e. The molecule has 1 amide bonds. The Balaban J connectivity index is 1.54. The Bertz CT molecular complexity index is 936. The van der Waals surface area contributed by atoms with Crippen molar-refractivity contribution in [3.05, 3.63) is 95.3 Å². The molecule has 28 heavy (non-hydrogen) atoms. The molecule has 0 atom stereocenters. The molecule has 3 rings (SSSR count). The number of aromatic nitrogens is 1. The van der Waals surface area contributed by atoms with E-state index in [-0.39, 0.29) is 11.0 Å². The van der Waals surface area contributed by atoms with Crippen LogP contribution < -0.4 is 10.6 Å². The molecular formula is C23H23N3OS. The molecule has 0 unspecified atom stereocenters. The number of benzene rings is 2. The SMILES string of the molecule is CC(C)c1ccc(C(=O)NC(=S)Nc2ccc(Cc3ccncc3)cc2)cc1. The summed E-state index contributed by atoms with van der Waals surface area (Å²) in [4.78, 5) is 16.4. The van der Waals surface area contributed by atoms with Gasteiger partial charge in [0.25, 0.3) is 5.91 Å². The van der Waals surface area contributed by atoms with Crippen LogP contribution in [0, 0.1) is 0 Å². The monoisotopic (exact) mass is 389 g/mol. The molecule has 0 radical (unpaired) electrons. The first kappa shape index (κ1) is 19.7. The summed E-state index contributed by atoms with van der Waals surface area (Å²) in [7, 11) is 0. The zero-order chi connectivity index (χ0) is 19.9. The number of hydrogen-bond acceptors (Lipinski definition) is 3. The third-order valence-corrected chi connectivity index (χ3v) is 4.64. The van der Waals surface area contributed by atoms with Crippen molar-refractivity contribution in [2.45, 2.75) is 26.2 Å². The minimum atomic E-state index is -0.220. The summed E-state index contributed by atoms with van der Waals surface area (Å²) in [6.07, 6.45) is 4.43. The third kappa shape index (κ3) is 5.47. The van der Waals surface area contributed by atoms with Crippen molar-refractivity contribution in [1.82, 2.24) is 10.3 Å². The van der Waals surface area contributed by atoms with E-state index < -0.39 is 0 Å². The van der Waals surface area contributed by atoms with Crippen molar-refractivity contribution in [2.75, 3.05) is 5.32 Å². The van der Waals surface area contributed by atoms with Crippen LogP contribution in [0.15, 0.2) is 73.1 Å². The average molecular weight is 390 g/mol. The maximum atomic E-state index is 12.3. The summed E-state index contributed by atoms with van der Waals surface area (Å²) in [5.74, 6) is 0.212. The van der Waals surface area contributed by atoms with E-state index in [1.54, 1.807) is 12.4 Å². The van der Waals surface area contributed by atoms with Gasteiger partial charge in [0.05, 0.1) is 0 Å². The molecule has 2 aromatic carbocycles. The second-order valence-corrected chi connectivity index (χ2v) is 7.32. The smallest absolute Gasteiger partial charge is 0.257 e. The molecule has 0 aliphatic carbocycles. The van der Waals surface area contributed by atoms with Crippen LogP contribution in [0.25, 0.3) is 0 Å². The Morgan fingerprint density at radius 3 is 2.14 bits per heavy atom. The minimum Gasteiger partial charge on any atom is -0.332 e. The molecule has 3 aromatic rings. The van der Waals surface area contributed by atoms with E-state index in [1.165, 1.54) is 16.7 Å². The number of rotatable bonds is 5. The van der Waals surface area contributed by atoms with E-state index in [4.69, 9.17) is 12.2 Å². The first-order valence-electron chi connectivity index (χ1n) is 9.21. The molecule has 0 saturated heterocycles. The first-order chi connectivity index (χ1) is 13.5. The zero-order valence-corrected chi connectivity index (χ0v) is 16.8. The van der Waals surface area contributed by atoms with Crippen LogP contribution in [0.4, 0.5) is 5.69 Å². The van der Waals surface area contributed by atoms with Gasteiger partial charge < -0.3 is 5.32 Å². The van der Waals surface area contributed by atoms with Crippen LogP contribution in [0.5, 0.6) is 0 Å². The normalized spacial score (nSPS) is 10.5. The Kier molecular flexibility index (Phi) is 6.50. The Labute approximate surface area is 171 Å². The van der Waals surface area contributed by atoms with Gasteiger partial charge in [0.1, 0.15) is 0 Å². The van der Waals surface area contributed by atoms with Crippen molar-refractivity contribution in [2.24, 2.45) is 0 Å². The lowest BCUT2D eigenvalue weighted by Crippen LogP contribution is -2.34. The lowest BCUT2D eigenvalue weighted by atomic mass is 10.0. The standard InChI is InChI=1S/C23H23N3OS/c1-16(2)19-5-7-20(8-6-19)22(27)26-23(28)25-21-9-3-17(4-10-21)15-18-11-13-24-14-12-18/h3-14,16H,15H2,1-2H3,(H2,25,26,27,28). The molecule has 0 bridgehead atoms. The second kappa shape index (κ2) is 9.24. The molecule has 4 nitrogen and oxygen atoms in total. The first-order valence-corrected chi connectivity index (χ1v) is 9.62. The highest BCUT2D eigenvalue weighted by atomic mass is 32.1. The molecule has 0 spiro atoms. The third-order valence-electron chi connectivity index (χ3n) is 4.44. The van der Waals surface area contributed by atoms with Gasteiger partial charge in [-0.1, -0.05) is 38.1 Å². The fourth-order valence-corrected chi connectivity index (χ4v) is 3.01. The number of pyridine rings is 1. The number of anilines is 1. The number of amides is 1. The number of thiocarbonyl (C=S) groups is 1. The van der Waals surface area contributed by atoms with Gasteiger partial charge >= 0.3 is 0 Å². The van der Waals surface area contributed by atoms with E-state index in [9.17, 15) is 4.79 Å². The Morgan fingerprint density at radius 2 is 1.54 bits per heavy atom. The van der Waals surface area contributed by atoms with Gasteiger partial charge in [0, 0.05) is 23.6 Å². The van der Waals surface area contributed by atoms with Gasteiger partial charge in [-0.05, 0) is 77.6 Å². The zero-order valence-electron chi connectivity index (χ0n) is 16.0. The maximum absolute atomic E-state index is 12.3. The fourth-order valence-electron chi connectivity index (χ4n) is 2.80. The van der Waals surface area contributed by atoms with Gasteiger partial charge in [0.15, 0.2) is 5.11 Å². The quantitative estimate of drug-likeness (QED) is 0.608. The maximum Gasteiger partial charge on any atom is 0.257 e. The van der Waals surface area contributed by atoms with Crippen LogP contribution in [0.1, 0.15) is 46.8 Å². The highest BCUT2D eigenvalue weighted by Gasteiger charge is 2.09. The van der Waals surface area contributed by atoms with Gasteiger partial charge in [-0.2, -0.15) is 0 Å². The summed E-state index contributed by atoms with van der Waals surface area (Å²) in [5, 5.41) is 6.05. The lowest BCUT2D eigenvalue weighted by molar-refractivity contribution is 0.0977. The van der Waals surface area contributed by atoms with Gasteiger partial charge in [0.2, 0.25) is 0 Å². The van der Waals surface area contributed by atoms with Crippen molar-refractivity contribution in [1.29, 1.82) is 0 Å². The molecule has 2 N–H and O–H groups in total. The Hall–Kier alpha value is -3.05. The molecule has 1 heterocycles. The second-order valence-electron chi connectivity index (χ2n) is 6.91. The van der Waals surface area contributed by atoms with Crippen LogP contribution in [0.3, 0.4) is 0 Å². The predicted molar refractivity (Wildman–Crippen MR) is 118 cm³/mol. The van der Waals surface area contributed by atoms with Crippen LogP contribution in [-0.2, 0) is 6.42 Å². The van der Waals surface area contributed by atoms with Gasteiger partial charge in [-0.25, -0.2) is 0 Å². The summed E-state index contributed by atoms with van der Waals surface area (Å²) in [5.41, 5.74) is 5.02. The van der Waals surface area contributed by atoms with Crippen LogP contribution >= 0.6 is 12.2 Å². The van der Waals surface area contributed by atoms with Crippen molar-refractivity contribution in [3.63, 3.8) is 0 Å². The summed E-state index contributed by atoms with van der Waals surface area (Å²) >= 11 is 5.27. The molecule has 142 valence electrons. The van der Waals surface area contributed by atoms with E-state index in [2.05, 4.69) is 29.5 Å². The van der Waals surface area contributed by atoms with E-state index >= 15 is 0 Å². The van der Waals surface area contributed by atoms with Gasteiger partial charge in [-0.3, -0.25) is 15.1 Å². The molecule has 0 saturated carbocycles. The molecule has 1 aromatic heterocycles. The number of carbonyl (C=O) groups is 1. The minimum absolute atomic E-state index is 0.220. The summed E-state index contributed by atoms with van der Waals surface area (Å²) in [6.45, 7) is 4.24. The van der Waals surface area contributed by atoms with E-state index in [0.717, 1.165) is 12.1 Å². The Morgan fingerprint density at radius 1 is 0.929 bits per heavy atom. The molecule has 0 aliphatic heterocycles. The fraction of sp³-hybridized carbons (Fsp3) is 0.174. The van der Waals surface area contributed by atoms with Crippen molar-refractivity contribution < 1.29 is 4.79 Å². The van der Waals surface area contributed by atoms with Gasteiger partial charge in [-0.15, -0.1) is 0 Å². The number of nitrogens with one attached hydrogen (secondary N) is 2. The van der Waals surface area contributed by atoms with Crippen LogP contribution in [-0.4, -0.2) is 16.0 Å². The molecule has 0 fully saturated rings. The predicted octanol–water partition coefficient (Wildman–Crippen LogP) is 4.92. The van der Waals surface area contributed by atoms with Crippen molar-refractivity contribution >= 4 is 28.9 Å². The van der Waals surface area contributed by atoms with Crippen molar-refractivity contribution in [3.8, 4) is 0 Å². The summed E-state index contributed by atoms with van der Waals surface area (Å²) in [6, 6.07) is 19.6. The summed E-state index contributed by atoms with van der Waals surface area (Å²) < 4.78 is 0. The number of hydrogen-bond donors (Lipinski definition) is 2. The molecular weight excluding hydrogens is 366 g/mol. The highest BCUT2D eigenvalue weighted by molar-refractivity contribution is 7.80. The topological polar surface area (TPSA) is 54.0 Å². The average Bonchev–Trinajstić information content (AvgIpc) is 2.70. The number of nitrogens with zero attached hydrogens (tertiary/aromatic N) is 1. The molecule has 5 heteroatoms. The van der Waals surface area contributed by atoms with Crippen LogP contribution in [0.2, 0.25) is 0 Å². The molecule has 0 aliphatic rings. The van der Waals surface area contributed by atoms with E-state index in [0.29, 0.717) is 11.5 Å². The highest BCUT2D eigenvalue weighted by Crippen LogP contribution is 2.15.